The molecule has 0 amide bonds. The van der Waals surface area contributed by atoms with Gasteiger partial charge >= 0.3 is 18.3 Å². The Labute approximate surface area is 81.6 Å². The number of nitrogens with two attached hydrogens (primary N) is 1. The molecule has 15 heavy (non-hydrogen) atoms. The molecule has 2 N–H and O–H groups in total. The molecule has 0 saturated carbocycles. The number of ether oxygens (including phenoxy) is 1. The van der Waals surface area contributed by atoms with E-state index in [1.807, 2.05) is 0 Å². The van der Waals surface area contributed by atoms with Gasteiger partial charge in [-0.15, -0.1) is 0 Å². The van der Waals surface area contributed by atoms with Crippen molar-refractivity contribution in [1.82, 2.24) is 0 Å². The predicted molar refractivity (Wildman–Crippen MR) is 35.6 cm³/mol. The van der Waals surface area contributed by atoms with Crippen LogP contribution in [0.3, 0.4) is 0 Å². The van der Waals surface area contributed by atoms with Crippen molar-refractivity contribution in [1.29, 1.82) is 0 Å². The molecule has 9 heteroatoms. The second kappa shape index (κ2) is 4.25. The van der Waals surface area contributed by atoms with Crippen molar-refractivity contribution in [2.24, 2.45) is 11.7 Å². The van der Waals surface area contributed by atoms with Gasteiger partial charge in [0.1, 0.15) is 6.04 Å². The van der Waals surface area contributed by atoms with Crippen LogP contribution in [-0.4, -0.2) is 31.4 Å². The van der Waals surface area contributed by atoms with Crippen molar-refractivity contribution in [2.75, 3.05) is 7.09 Å². The maximum Gasteiger partial charge on any atom is 0.402 e. The molecular weight excluding hydrogens is 232 g/mol. The topological polar surface area (TPSA) is 52.3 Å². The molecule has 0 aliphatic heterocycles. The summed E-state index contributed by atoms with van der Waals surface area (Å²) < 4.78 is 82.1. The number of esters is 1. The summed E-state index contributed by atoms with van der Waals surface area (Å²) in [5.74, 6) is -5.92. The molecule has 0 aromatic heterocycles. The summed E-state index contributed by atoms with van der Waals surface area (Å²) in [7, 11) is -1.10. The van der Waals surface area contributed by atoms with E-state index in [9.17, 15) is 31.1 Å². The van der Waals surface area contributed by atoms with Crippen LogP contribution in [-0.2, 0) is 9.53 Å². The van der Waals surface area contributed by atoms with Gasteiger partial charge in [0.05, 0.1) is 8.46 Å². The van der Waals surface area contributed by atoms with Crippen LogP contribution in [0, 0.1) is 5.92 Å². The quantitative estimate of drug-likeness (QED) is 0.583. The molecule has 0 radical (unpaired) electrons. The van der Waals surface area contributed by atoms with Crippen LogP contribution in [0.4, 0.5) is 26.3 Å². The summed E-state index contributed by atoms with van der Waals surface area (Å²) in [6.45, 7) is 0. The summed E-state index contributed by atoms with van der Waals surface area (Å²) >= 11 is 0. The van der Waals surface area contributed by atoms with Crippen molar-refractivity contribution in [2.45, 2.75) is 18.4 Å². The van der Waals surface area contributed by atoms with E-state index in [2.05, 4.69) is 10.5 Å². The first-order chi connectivity index (χ1) is 7.01. The molecule has 0 aliphatic rings. The maximum absolute atomic E-state index is 12.0. The minimum atomic E-state index is -5.71. The van der Waals surface area contributed by atoms with Crippen LogP contribution in [0.5, 0.6) is 0 Å². The van der Waals surface area contributed by atoms with Gasteiger partial charge in [0.25, 0.3) is 0 Å². The fourth-order valence-corrected chi connectivity index (χ4v) is 0.825. The van der Waals surface area contributed by atoms with E-state index in [1.165, 1.54) is 0 Å². The predicted octanol–water partition coefficient (Wildman–Crippen LogP) is 1.23. The summed E-state index contributed by atoms with van der Waals surface area (Å²) in [4.78, 5) is 10.6. The molecule has 0 aromatic rings. The molecule has 0 saturated heterocycles. The van der Waals surface area contributed by atoms with Gasteiger partial charge < -0.3 is 10.5 Å². The van der Waals surface area contributed by atoms with Crippen LogP contribution >= 0.6 is 0 Å². The summed E-state index contributed by atoms with van der Waals surface area (Å²) in [6, 6.07) is -2.93. The van der Waals surface area contributed by atoms with Crippen LogP contribution in [0.2, 0.25) is 0 Å². The molecule has 90 valence electrons. The lowest BCUT2D eigenvalue weighted by molar-refractivity contribution is -0.289. The first kappa shape index (κ1) is 12.1. The largest absolute Gasteiger partial charge is 0.468 e. The normalized spacial score (nSPS) is 16.1. The Balaban J connectivity index is 5.00. The van der Waals surface area contributed by atoms with Crippen LogP contribution < -0.4 is 5.73 Å². The number of halogens is 6. The highest BCUT2D eigenvalue weighted by atomic mass is 19.4. The zero-order chi connectivity index (χ0) is 13.1. The van der Waals surface area contributed by atoms with Crippen LogP contribution in [0.25, 0.3) is 0 Å². The molecule has 0 unspecified atom stereocenters. The molecule has 0 aromatic carbocycles. The number of rotatable bonds is 2. The standard InChI is InChI=1S/C6H7F6NO2/c1-15-4(14)2(13)3(5(7,8)9)6(10,11)12/h2-3H,13H2,1H3/t2-/m0/s1/i1D. The molecule has 0 spiro atoms. The minimum absolute atomic E-state index is 1.10. The molecule has 0 heterocycles. The number of carbonyl (C=O) groups is 1. The van der Waals surface area contributed by atoms with Crippen LogP contribution in [0.15, 0.2) is 0 Å². The maximum atomic E-state index is 12.0. The second-order valence-electron chi connectivity index (χ2n) is 2.55. The molecule has 1 atom stereocenters. The van der Waals surface area contributed by atoms with Gasteiger partial charge in [-0.3, -0.25) is 4.79 Å². The Morgan fingerprint density at radius 2 is 1.67 bits per heavy atom. The zero-order valence-electron chi connectivity index (χ0n) is 8.02. The lowest BCUT2D eigenvalue weighted by Gasteiger charge is -2.26. The fraction of sp³-hybridized carbons (Fsp3) is 0.833. The second-order valence-corrected chi connectivity index (χ2v) is 2.55. The number of methoxy groups -OCH3 is 1. The molecule has 0 rings (SSSR count). The van der Waals surface area contributed by atoms with Gasteiger partial charge in [-0.1, -0.05) is 0 Å². The van der Waals surface area contributed by atoms with Gasteiger partial charge in [0, 0.05) is 0 Å². The third kappa shape index (κ3) is 3.57. The lowest BCUT2D eigenvalue weighted by atomic mass is 9.99. The van der Waals surface area contributed by atoms with Gasteiger partial charge in [-0.2, -0.15) is 26.3 Å². The van der Waals surface area contributed by atoms with Crippen molar-refractivity contribution in [3.05, 3.63) is 0 Å². The lowest BCUT2D eigenvalue weighted by Crippen LogP contribution is -2.52. The highest BCUT2D eigenvalue weighted by Crippen LogP contribution is 2.40. The first-order valence-electron chi connectivity index (χ1n) is 4.07. The Morgan fingerprint density at radius 1 is 1.27 bits per heavy atom. The van der Waals surface area contributed by atoms with E-state index in [0.717, 1.165) is 0 Å². The number of hydrogen-bond acceptors (Lipinski definition) is 3. The Hall–Kier alpha value is -0.990. The van der Waals surface area contributed by atoms with E-state index in [1.54, 1.807) is 0 Å². The summed E-state index contributed by atoms with van der Waals surface area (Å²) in [5, 5.41) is 0. The van der Waals surface area contributed by atoms with E-state index in [0.29, 0.717) is 0 Å². The SMILES string of the molecule is [2H]COC(=O)[C@@H](N)C(C(F)(F)F)C(F)(F)F. The third-order valence-electron chi connectivity index (χ3n) is 1.48. The van der Waals surface area contributed by atoms with Gasteiger partial charge in [0.2, 0.25) is 0 Å². The Morgan fingerprint density at radius 3 is 1.93 bits per heavy atom. The fourth-order valence-electron chi connectivity index (χ4n) is 0.825. The van der Waals surface area contributed by atoms with Gasteiger partial charge in [-0.05, 0) is 0 Å². The van der Waals surface area contributed by atoms with E-state index in [-0.39, 0.29) is 0 Å². The highest BCUT2D eigenvalue weighted by molar-refractivity contribution is 5.76. The van der Waals surface area contributed by atoms with Crippen LogP contribution in [0.1, 0.15) is 1.37 Å². The van der Waals surface area contributed by atoms with E-state index < -0.39 is 37.4 Å². The average Bonchev–Trinajstić information content (AvgIpc) is 1.98. The van der Waals surface area contributed by atoms with E-state index in [4.69, 9.17) is 1.37 Å². The average molecular weight is 240 g/mol. The smallest absolute Gasteiger partial charge is 0.402 e. The summed E-state index contributed by atoms with van der Waals surface area (Å²) in [6.07, 6.45) is -11.4. The Bertz CT molecular complexity index is 238. The molecule has 0 fully saturated rings. The number of hydrogen-bond donors (Lipinski definition) is 1. The van der Waals surface area contributed by atoms with Gasteiger partial charge in [-0.25, -0.2) is 0 Å². The molecule has 0 aliphatic carbocycles. The molecule has 0 bridgehead atoms. The van der Waals surface area contributed by atoms with Crippen molar-refractivity contribution < 1.29 is 37.2 Å². The monoisotopic (exact) mass is 240 g/mol. The van der Waals surface area contributed by atoms with Crippen molar-refractivity contribution in [3.8, 4) is 0 Å². The van der Waals surface area contributed by atoms with E-state index >= 15 is 0 Å². The van der Waals surface area contributed by atoms with Crippen molar-refractivity contribution >= 4 is 5.97 Å². The highest BCUT2D eigenvalue weighted by Gasteiger charge is 2.61. The van der Waals surface area contributed by atoms with Gasteiger partial charge in [0.15, 0.2) is 5.92 Å². The first-order valence-corrected chi connectivity index (χ1v) is 3.36. The number of alkyl halides is 6. The third-order valence-corrected chi connectivity index (χ3v) is 1.48. The summed E-state index contributed by atoms with van der Waals surface area (Å²) in [5.41, 5.74) is 4.52. The molecule has 3 nitrogen and oxygen atoms in total. The minimum Gasteiger partial charge on any atom is -0.468 e. The zero-order valence-corrected chi connectivity index (χ0v) is 7.02. The molecular formula is C6H7F6NO2. The van der Waals surface area contributed by atoms with Crippen molar-refractivity contribution in [3.63, 3.8) is 0 Å². The Kier molecular flexibility index (Phi) is 3.42. The number of carbonyl (C=O) groups excluding carboxylic acids is 1.